The van der Waals surface area contributed by atoms with Crippen molar-refractivity contribution in [1.29, 1.82) is 0 Å². The van der Waals surface area contributed by atoms with Crippen molar-refractivity contribution in [3.8, 4) is 5.75 Å². The van der Waals surface area contributed by atoms with Crippen molar-refractivity contribution < 1.29 is 14.7 Å². The molecule has 0 aromatic heterocycles. The van der Waals surface area contributed by atoms with Gasteiger partial charge in [0.05, 0.1) is 0 Å². The van der Waals surface area contributed by atoms with Crippen LogP contribution in [-0.2, 0) is 0 Å². The van der Waals surface area contributed by atoms with E-state index in [0.29, 0.717) is 16.7 Å². The number of fused-ring (bicyclic) bond motifs is 2. The second-order valence-corrected chi connectivity index (χ2v) is 5.89. The molecule has 0 fully saturated rings. The van der Waals surface area contributed by atoms with Crippen LogP contribution in [0.2, 0.25) is 0 Å². The molecule has 0 bridgehead atoms. The number of phenolic OH excluding ortho intramolecular Hbond substituents is 1. The molecule has 0 unspecified atom stereocenters. The molecule has 0 atom stereocenters. The van der Waals surface area contributed by atoms with Gasteiger partial charge in [-0.1, -0.05) is 60.7 Å². The maximum Gasteiger partial charge on any atom is 0.194 e. The van der Waals surface area contributed by atoms with E-state index in [4.69, 9.17) is 0 Å². The number of aromatic hydroxyl groups is 1. The summed E-state index contributed by atoms with van der Waals surface area (Å²) in [7, 11) is 0. The van der Waals surface area contributed by atoms with E-state index < -0.39 is 0 Å². The lowest BCUT2D eigenvalue weighted by Gasteiger charge is -2.21. The number of allylic oxidation sites excluding steroid dienone is 1. The second-order valence-electron chi connectivity index (χ2n) is 5.89. The predicted molar refractivity (Wildman–Crippen MR) is 95.8 cm³/mol. The standard InChI is InChI=1S/C22H14O3/c23-15-7-5-6-14(12-15)21(24)13-20-16-8-1-3-10-18(16)22(25)19-11-4-2-9-17(19)20/h1-13,23H. The summed E-state index contributed by atoms with van der Waals surface area (Å²) in [6.45, 7) is 0. The molecule has 1 aliphatic rings. The fraction of sp³-hybridized carbons (Fsp3) is 0. The van der Waals surface area contributed by atoms with E-state index in [1.165, 1.54) is 12.1 Å². The number of benzene rings is 3. The molecule has 1 aliphatic carbocycles. The van der Waals surface area contributed by atoms with Crippen molar-refractivity contribution in [2.45, 2.75) is 0 Å². The lowest BCUT2D eigenvalue weighted by molar-refractivity contribution is 0.103. The molecule has 0 saturated heterocycles. The van der Waals surface area contributed by atoms with Gasteiger partial charge in [0, 0.05) is 16.7 Å². The van der Waals surface area contributed by atoms with Gasteiger partial charge in [0.15, 0.2) is 11.6 Å². The van der Waals surface area contributed by atoms with E-state index >= 15 is 0 Å². The van der Waals surface area contributed by atoms with Gasteiger partial charge in [0.25, 0.3) is 0 Å². The van der Waals surface area contributed by atoms with Crippen LogP contribution in [0.4, 0.5) is 0 Å². The Morgan fingerprint density at radius 1 is 0.760 bits per heavy atom. The van der Waals surface area contributed by atoms with Gasteiger partial charge in [-0.15, -0.1) is 0 Å². The Balaban J connectivity index is 1.91. The van der Waals surface area contributed by atoms with Gasteiger partial charge in [0.2, 0.25) is 0 Å². The second kappa shape index (κ2) is 5.87. The molecule has 0 saturated carbocycles. The van der Waals surface area contributed by atoms with Gasteiger partial charge in [0.1, 0.15) is 5.75 Å². The number of rotatable bonds is 2. The largest absolute Gasteiger partial charge is 0.508 e. The van der Waals surface area contributed by atoms with Crippen LogP contribution in [-0.4, -0.2) is 16.7 Å². The summed E-state index contributed by atoms with van der Waals surface area (Å²) in [6.07, 6.45) is 1.54. The van der Waals surface area contributed by atoms with E-state index in [9.17, 15) is 14.7 Å². The van der Waals surface area contributed by atoms with E-state index in [-0.39, 0.29) is 17.3 Å². The fourth-order valence-corrected chi connectivity index (χ4v) is 3.15. The number of carbonyl (C=O) groups is 2. The maximum atomic E-state index is 12.7. The molecule has 0 aliphatic heterocycles. The zero-order chi connectivity index (χ0) is 17.4. The fourth-order valence-electron chi connectivity index (χ4n) is 3.15. The molecular formula is C22H14O3. The van der Waals surface area contributed by atoms with Crippen molar-refractivity contribution in [3.63, 3.8) is 0 Å². The summed E-state index contributed by atoms with van der Waals surface area (Å²) < 4.78 is 0. The first kappa shape index (κ1) is 15.1. The summed E-state index contributed by atoms with van der Waals surface area (Å²) in [6, 6.07) is 20.9. The van der Waals surface area contributed by atoms with Crippen LogP contribution in [0.15, 0.2) is 78.9 Å². The number of ketones is 2. The normalized spacial score (nSPS) is 12.3. The van der Waals surface area contributed by atoms with E-state index in [1.54, 1.807) is 30.3 Å². The van der Waals surface area contributed by atoms with Crippen LogP contribution < -0.4 is 0 Å². The van der Waals surface area contributed by atoms with Crippen molar-refractivity contribution >= 4 is 17.1 Å². The molecule has 1 N–H and O–H groups in total. The maximum absolute atomic E-state index is 12.7. The van der Waals surface area contributed by atoms with Crippen molar-refractivity contribution in [2.75, 3.05) is 0 Å². The molecule has 3 nitrogen and oxygen atoms in total. The summed E-state index contributed by atoms with van der Waals surface area (Å²) in [4.78, 5) is 25.4. The van der Waals surface area contributed by atoms with Gasteiger partial charge in [-0.05, 0) is 34.9 Å². The van der Waals surface area contributed by atoms with Gasteiger partial charge in [-0.2, -0.15) is 0 Å². The van der Waals surface area contributed by atoms with E-state index in [1.807, 2.05) is 36.4 Å². The Bertz CT molecular complexity index is 993. The smallest absolute Gasteiger partial charge is 0.194 e. The highest BCUT2D eigenvalue weighted by molar-refractivity contribution is 6.21. The highest BCUT2D eigenvalue weighted by Gasteiger charge is 2.26. The van der Waals surface area contributed by atoms with E-state index in [0.717, 1.165) is 16.7 Å². The SMILES string of the molecule is O=C(C=C1c2ccccc2C(=O)c2ccccc21)c1cccc(O)c1. The van der Waals surface area contributed by atoms with Crippen LogP contribution >= 0.6 is 0 Å². The molecule has 3 aromatic carbocycles. The van der Waals surface area contributed by atoms with Crippen molar-refractivity contribution in [1.82, 2.24) is 0 Å². The molecule has 3 aromatic rings. The van der Waals surface area contributed by atoms with Gasteiger partial charge in [-0.3, -0.25) is 9.59 Å². The minimum Gasteiger partial charge on any atom is -0.508 e. The lowest BCUT2D eigenvalue weighted by atomic mass is 9.80. The Morgan fingerprint density at radius 2 is 1.32 bits per heavy atom. The third-order valence-corrected chi connectivity index (χ3v) is 4.33. The predicted octanol–water partition coefficient (Wildman–Crippen LogP) is 4.25. The number of carbonyl (C=O) groups excluding carboxylic acids is 2. The summed E-state index contributed by atoms with van der Waals surface area (Å²) in [5.74, 6) is -0.207. The van der Waals surface area contributed by atoms with Crippen molar-refractivity contribution in [3.05, 3.63) is 107 Å². The third-order valence-electron chi connectivity index (χ3n) is 4.33. The first-order valence-corrected chi connectivity index (χ1v) is 7.94. The van der Waals surface area contributed by atoms with Crippen LogP contribution in [0.25, 0.3) is 5.57 Å². The molecule has 0 spiro atoms. The van der Waals surface area contributed by atoms with Gasteiger partial charge in [-0.25, -0.2) is 0 Å². The van der Waals surface area contributed by atoms with Crippen LogP contribution in [0.1, 0.15) is 37.4 Å². The zero-order valence-corrected chi connectivity index (χ0v) is 13.3. The average Bonchev–Trinajstić information content (AvgIpc) is 2.65. The molecule has 0 heterocycles. The van der Waals surface area contributed by atoms with Gasteiger partial charge < -0.3 is 5.11 Å². The average molecular weight is 326 g/mol. The molecule has 4 rings (SSSR count). The highest BCUT2D eigenvalue weighted by Crippen LogP contribution is 2.36. The Labute approximate surface area is 144 Å². The summed E-state index contributed by atoms with van der Waals surface area (Å²) in [5, 5.41) is 9.60. The minimum atomic E-state index is -0.218. The number of phenols is 1. The Morgan fingerprint density at radius 3 is 1.88 bits per heavy atom. The lowest BCUT2D eigenvalue weighted by Crippen LogP contribution is -2.15. The first-order chi connectivity index (χ1) is 12.1. The van der Waals surface area contributed by atoms with Gasteiger partial charge >= 0.3 is 0 Å². The Kier molecular flexibility index (Phi) is 3.55. The molecule has 0 radical (unpaired) electrons. The summed E-state index contributed by atoms with van der Waals surface area (Å²) in [5.41, 5.74) is 3.81. The van der Waals surface area contributed by atoms with Crippen molar-refractivity contribution in [2.24, 2.45) is 0 Å². The summed E-state index contributed by atoms with van der Waals surface area (Å²) >= 11 is 0. The zero-order valence-electron chi connectivity index (χ0n) is 13.3. The molecular weight excluding hydrogens is 312 g/mol. The van der Waals surface area contributed by atoms with E-state index in [2.05, 4.69) is 0 Å². The monoisotopic (exact) mass is 326 g/mol. The number of hydrogen-bond acceptors (Lipinski definition) is 3. The quantitative estimate of drug-likeness (QED) is 0.442. The molecule has 120 valence electrons. The first-order valence-electron chi connectivity index (χ1n) is 7.94. The van der Waals surface area contributed by atoms with Crippen LogP contribution in [0.5, 0.6) is 5.75 Å². The topological polar surface area (TPSA) is 54.4 Å². The van der Waals surface area contributed by atoms with Crippen LogP contribution in [0, 0.1) is 0 Å². The van der Waals surface area contributed by atoms with Crippen LogP contribution in [0.3, 0.4) is 0 Å². The third kappa shape index (κ3) is 2.56. The molecule has 0 amide bonds. The Hall–Kier alpha value is -3.46. The molecule has 3 heteroatoms. The highest BCUT2D eigenvalue weighted by atomic mass is 16.3. The number of hydrogen-bond donors (Lipinski definition) is 1. The molecule has 25 heavy (non-hydrogen) atoms. The minimum absolute atomic E-state index is 0.0341.